The quantitative estimate of drug-likeness (QED) is 0.659. The number of amides is 1. The number of methoxy groups -OCH3 is 1. The van der Waals surface area contributed by atoms with E-state index in [1.165, 1.54) is 12.1 Å². The molecule has 0 heterocycles. The fourth-order valence-electron chi connectivity index (χ4n) is 2.38. The maximum Gasteiger partial charge on any atom is 0.417 e. The average Bonchev–Trinajstić information content (AvgIpc) is 2.61. The van der Waals surface area contributed by atoms with Crippen molar-refractivity contribution in [2.24, 2.45) is 0 Å². The molecule has 144 valence electrons. The first-order chi connectivity index (χ1) is 12.7. The lowest BCUT2D eigenvalue weighted by atomic mass is 10.1. The third-order valence-electron chi connectivity index (χ3n) is 3.82. The van der Waals surface area contributed by atoms with Gasteiger partial charge in [0.15, 0.2) is 0 Å². The lowest BCUT2D eigenvalue weighted by Crippen LogP contribution is -2.33. The number of carbonyl (C=O) groups excluding carboxylic acids is 2. The Morgan fingerprint density at radius 3 is 2.26 bits per heavy atom. The van der Waals surface area contributed by atoms with Crippen LogP contribution < -0.4 is 10.1 Å². The molecule has 0 atom stereocenters. The van der Waals surface area contributed by atoms with Gasteiger partial charge in [0.2, 0.25) is 5.78 Å². The second-order valence-electron chi connectivity index (χ2n) is 5.77. The zero-order chi connectivity index (χ0) is 20.0. The molecule has 0 saturated carbocycles. The van der Waals surface area contributed by atoms with Crippen LogP contribution >= 0.6 is 15.9 Å². The van der Waals surface area contributed by atoms with Crippen molar-refractivity contribution < 1.29 is 27.5 Å². The number of hydrogen-bond acceptors (Lipinski definition) is 3. The number of nitrogens with one attached hydrogen (secondary N) is 1. The van der Waals surface area contributed by atoms with Crippen molar-refractivity contribution in [2.45, 2.75) is 19.0 Å². The summed E-state index contributed by atoms with van der Waals surface area (Å²) in [7, 11) is 1.57. The molecule has 0 unspecified atom stereocenters. The summed E-state index contributed by atoms with van der Waals surface area (Å²) in [4.78, 5) is 23.8. The summed E-state index contributed by atoms with van der Waals surface area (Å²) < 4.78 is 43.1. The Morgan fingerprint density at radius 1 is 1.07 bits per heavy atom. The SMILES string of the molecule is COc1ccc(CCNC(=O)C(=O)Cc2ccc(C(F)(F)F)c(Br)c2)cc1. The van der Waals surface area contributed by atoms with Gasteiger partial charge in [-0.3, -0.25) is 9.59 Å². The van der Waals surface area contributed by atoms with Gasteiger partial charge in [-0.1, -0.05) is 34.1 Å². The number of ketones is 1. The van der Waals surface area contributed by atoms with Crippen molar-refractivity contribution in [1.82, 2.24) is 5.32 Å². The molecule has 0 spiro atoms. The van der Waals surface area contributed by atoms with Crippen molar-refractivity contribution in [3.05, 3.63) is 63.6 Å². The second-order valence-corrected chi connectivity index (χ2v) is 6.62. The average molecular weight is 444 g/mol. The largest absolute Gasteiger partial charge is 0.497 e. The molecule has 2 aromatic carbocycles. The number of benzene rings is 2. The van der Waals surface area contributed by atoms with Crippen LogP contribution in [-0.4, -0.2) is 25.3 Å². The van der Waals surface area contributed by atoms with Gasteiger partial charge in [0.05, 0.1) is 12.7 Å². The van der Waals surface area contributed by atoms with Crippen molar-refractivity contribution in [2.75, 3.05) is 13.7 Å². The summed E-state index contributed by atoms with van der Waals surface area (Å²) in [6.45, 7) is 0.271. The number of alkyl halides is 3. The fourth-order valence-corrected chi connectivity index (χ4v) is 3.03. The van der Waals surface area contributed by atoms with Gasteiger partial charge >= 0.3 is 6.18 Å². The molecule has 27 heavy (non-hydrogen) atoms. The van der Waals surface area contributed by atoms with Gasteiger partial charge in [-0.25, -0.2) is 0 Å². The molecular weight excluding hydrogens is 427 g/mol. The molecule has 1 amide bonds. The minimum absolute atomic E-state index is 0.166. The number of ether oxygens (including phenoxy) is 1. The standard InChI is InChI=1S/C19H17BrF3NO3/c1-27-14-5-2-12(3-6-14)8-9-24-18(26)17(25)11-13-4-7-15(16(20)10-13)19(21,22)23/h2-7,10H,8-9,11H2,1H3,(H,24,26). The van der Waals surface area contributed by atoms with E-state index >= 15 is 0 Å². The molecule has 0 bridgehead atoms. The minimum Gasteiger partial charge on any atom is -0.497 e. The highest BCUT2D eigenvalue weighted by atomic mass is 79.9. The summed E-state index contributed by atoms with van der Waals surface area (Å²) >= 11 is 2.85. The number of carbonyl (C=O) groups is 2. The van der Waals surface area contributed by atoms with Crippen LogP contribution in [0.5, 0.6) is 5.75 Å². The molecule has 0 aliphatic heterocycles. The number of halogens is 4. The van der Waals surface area contributed by atoms with E-state index < -0.39 is 23.4 Å². The summed E-state index contributed by atoms with van der Waals surface area (Å²) in [5, 5.41) is 2.52. The molecule has 2 rings (SSSR count). The van der Waals surface area contributed by atoms with E-state index in [0.717, 1.165) is 17.4 Å². The van der Waals surface area contributed by atoms with E-state index in [1.54, 1.807) is 19.2 Å². The third-order valence-corrected chi connectivity index (χ3v) is 4.47. The molecular formula is C19H17BrF3NO3. The number of hydrogen-bond donors (Lipinski definition) is 1. The highest BCUT2D eigenvalue weighted by molar-refractivity contribution is 9.10. The van der Waals surface area contributed by atoms with E-state index in [4.69, 9.17) is 4.74 Å². The van der Waals surface area contributed by atoms with E-state index in [9.17, 15) is 22.8 Å². The van der Waals surface area contributed by atoms with Crippen molar-refractivity contribution >= 4 is 27.6 Å². The van der Waals surface area contributed by atoms with E-state index in [2.05, 4.69) is 21.2 Å². The second kappa shape index (κ2) is 9.03. The van der Waals surface area contributed by atoms with Crippen LogP contribution in [0.25, 0.3) is 0 Å². The Morgan fingerprint density at radius 2 is 1.70 bits per heavy atom. The number of Topliss-reactive ketones (excluding diaryl/α,β-unsaturated/α-hetero) is 1. The van der Waals surface area contributed by atoms with Crippen LogP contribution in [0, 0.1) is 0 Å². The van der Waals surface area contributed by atoms with Crippen LogP contribution in [0.4, 0.5) is 13.2 Å². The summed E-state index contributed by atoms with van der Waals surface area (Å²) in [6, 6.07) is 10.6. The van der Waals surface area contributed by atoms with Crippen molar-refractivity contribution in [3.63, 3.8) is 0 Å². The summed E-state index contributed by atoms with van der Waals surface area (Å²) in [5.41, 5.74) is 0.461. The van der Waals surface area contributed by atoms with Gasteiger partial charge in [-0.15, -0.1) is 0 Å². The fraction of sp³-hybridized carbons (Fsp3) is 0.263. The van der Waals surface area contributed by atoms with Gasteiger partial charge < -0.3 is 10.1 Å². The zero-order valence-corrected chi connectivity index (χ0v) is 16.0. The zero-order valence-electron chi connectivity index (χ0n) is 14.4. The monoisotopic (exact) mass is 443 g/mol. The molecule has 0 aromatic heterocycles. The molecule has 1 N–H and O–H groups in total. The van der Waals surface area contributed by atoms with Gasteiger partial charge in [0, 0.05) is 17.4 Å². The molecule has 0 radical (unpaired) electrons. The molecule has 4 nitrogen and oxygen atoms in total. The molecule has 8 heteroatoms. The first-order valence-electron chi connectivity index (χ1n) is 8.00. The van der Waals surface area contributed by atoms with Crippen molar-refractivity contribution in [1.29, 1.82) is 0 Å². The summed E-state index contributed by atoms with van der Waals surface area (Å²) in [5.74, 6) is -0.753. The molecule has 0 aliphatic carbocycles. The predicted molar refractivity (Wildman–Crippen MR) is 97.6 cm³/mol. The Bertz CT molecular complexity index is 820. The first kappa shape index (κ1) is 21.0. The van der Waals surface area contributed by atoms with E-state index in [1.807, 2.05) is 12.1 Å². The minimum atomic E-state index is -4.49. The van der Waals surface area contributed by atoms with Crippen LogP contribution in [0.15, 0.2) is 46.9 Å². The lowest BCUT2D eigenvalue weighted by Gasteiger charge is -2.10. The normalized spacial score (nSPS) is 11.1. The van der Waals surface area contributed by atoms with Gasteiger partial charge in [-0.05, 0) is 41.8 Å². The Labute approximate surface area is 162 Å². The van der Waals surface area contributed by atoms with E-state index in [0.29, 0.717) is 12.0 Å². The maximum atomic E-state index is 12.7. The molecule has 0 fully saturated rings. The Kier molecular flexibility index (Phi) is 7.01. The molecule has 0 saturated heterocycles. The smallest absolute Gasteiger partial charge is 0.417 e. The predicted octanol–water partition coefficient (Wildman–Crippen LogP) is 3.95. The van der Waals surface area contributed by atoms with Crippen LogP contribution in [0.3, 0.4) is 0 Å². The van der Waals surface area contributed by atoms with Crippen LogP contribution in [-0.2, 0) is 28.6 Å². The van der Waals surface area contributed by atoms with E-state index in [-0.39, 0.29) is 17.4 Å². The number of rotatable bonds is 7. The van der Waals surface area contributed by atoms with Crippen LogP contribution in [0.1, 0.15) is 16.7 Å². The Hall–Kier alpha value is -2.35. The van der Waals surface area contributed by atoms with Crippen LogP contribution in [0.2, 0.25) is 0 Å². The molecule has 0 aliphatic rings. The molecule has 2 aromatic rings. The van der Waals surface area contributed by atoms with Gasteiger partial charge in [0.1, 0.15) is 5.75 Å². The highest BCUT2D eigenvalue weighted by Crippen LogP contribution is 2.35. The Balaban J connectivity index is 1.86. The maximum absolute atomic E-state index is 12.7. The third kappa shape index (κ3) is 6.09. The highest BCUT2D eigenvalue weighted by Gasteiger charge is 2.32. The topological polar surface area (TPSA) is 55.4 Å². The van der Waals surface area contributed by atoms with Gasteiger partial charge in [-0.2, -0.15) is 13.2 Å². The lowest BCUT2D eigenvalue weighted by molar-refractivity contribution is -0.138. The van der Waals surface area contributed by atoms with Gasteiger partial charge in [0.25, 0.3) is 5.91 Å². The summed E-state index contributed by atoms with van der Waals surface area (Å²) in [6.07, 6.45) is -4.22. The van der Waals surface area contributed by atoms with Crippen molar-refractivity contribution in [3.8, 4) is 5.75 Å². The first-order valence-corrected chi connectivity index (χ1v) is 8.79.